The van der Waals surface area contributed by atoms with Gasteiger partial charge in [-0.25, -0.2) is 4.79 Å². The molecule has 0 bridgehead atoms. The van der Waals surface area contributed by atoms with Crippen LogP contribution in [0.2, 0.25) is 0 Å². The first-order chi connectivity index (χ1) is 8.06. The molecule has 0 aliphatic rings. The van der Waals surface area contributed by atoms with E-state index < -0.39 is 5.97 Å². The fraction of sp³-hybridized carbons (Fsp3) is 0.818. The van der Waals surface area contributed by atoms with Gasteiger partial charge in [-0.3, -0.25) is 4.79 Å². The molecule has 0 aliphatic carbocycles. The van der Waals surface area contributed by atoms with Crippen LogP contribution >= 0.6 is 0 Å². The molecule has 5 N–H and O–H groups in total. The Kier molecular flexibility index (Phi) is 9.14. The zero-order chi connectivity index (χ0) is 13.1. The molecule has 0 heterocycles. The van der Waals surface area contributed by atoms with Crippen LogP contribution in [0.5, 0.6) is 0 Å². The van der Waals surface area contributed by atoms with Crippen LogP contribution in [0.4, 0.5) is 4.79 Å². The highest BCUT2D eigenvalue weighted by atomic mass is 16.4. The summed E-state index contributed by atoms with van der Waals surface area (Å²) < 4.78 is 0. The van der Waals surface area contributed by atoms with E-state index in [0.29, 0.717) is 19.5 Å². The molecule has 0 fully saturated rings. The van der Waals surface area contributed by atoms with Gasteiger partial charge < -0.3 is 21.5 Å². The lowest BCUT2D eigenvalue weighted by Crippen LogP contribution is -2.41. The Balaban J connectivity index is 3.47. The Morgan fingerprint density at radius 3 is 2.59 bits per heavy atom. The molecule has 100 valence electrons. The number of unbranched alkanes of at least 4 members (excludes halogenated alkanes) is 1. The number of nitrogens with one attached hydrogen (secondary N) is 2. The Morgan fingerprint density at radius 2 is 2.00 bits per heavy atom. The van der Waals surface area contributed by atoms with Crippen LogP contribution in [0.3, 0.4) is 0 Å². The minimum Gasteiger partial charge on any atom is -0.481 e. The number of hydrogen-bond donors (Lipinski definition) is 4. The zero-order valence-electron chi connectivity index (χ0n) is 10.4. The van der Waals surface area contributed by atoms with Gasteiger partial charge in [0, 0.05) is 19.0 Å². The molecule has 6 nitrogen and oxygen atoms in total. The molecule has 0 radical (unpaired) electrons. The summed E-state index contributed by atoms with van der Waals surface area (Å²) in [6, 6.07) is -0.128. The Hall–Kier alpha value is -1.30. The second-order valence-electron chi connectivity index (χ2n) is 4.08. The second kappa shape index (κ2) is 9.89. The summed E-state index contributed by atoms with van der Waals surface area (Å²) in [5.41, 5.74) is 5.37. The van der Waals surface area contributed by atoms with Crippen molar-refractivity contribution < 1.29 is 14.7 Å². The van der Waals surface area contributed by atoms with Crippen molar-refractivity contribution in [2.24, 2.45) is 5.73 Å². The van der Waals surface area contributed by atoms with Crippen LogP contribution in [0.25, 0.3) is 0 Å². The van der Waals surface area contributed by atoms with Crippen LogP contribution in [0.15, 0.2) is 0 Å². The third-order valence-electron chi connectivity index (χ3n) is 2.32. The second-order valence-corrected chi connectivity index (χ2v) is 4.08. The molecule has 2 amide bonds. The lowest BCUT2D eigenvalue weighted by atomic mass is 10.1. The molecule has 0 rings (SSSR count). The molecular formula is C11H23N3O3. The van der Waals surface area contributed by atoms with E-state index in [1.807, 2.05) is 6.92 Å². The molecule has 0 aromatic heterocycles. The normalized spacial score (nSPS) is 11.9. The molecule has 0 aliphatic heterocycles. The van der Waals surface area contributed by atoms with Gasteiger partial charge >= 0.3 is 12.0 Å². The number of carbonyl (C=O) groups excluding carboxylic acids is 1. The maximum Gasteiger partial charge on any atom is 0.314 e. The highest BCUT2D eigenvalue weighted by Crippen LogP contribution is 1.98. The Morgan fingerprint density at radius 1 is 1.29 bits per heavy atom. The number of nitrogens with two attached hydrogens (primary N) is 1. The molecule has 1 atom stereocenters. The topological polar surface area (TPSA) is 104 Å². The summed E-state index contributed by atoms with van der Waals surface area (Å²) in [5, 5.41) is 13.8. The van der Waals surface area contributed by atoms with E-state index in [1.54, 1.807) is 0 Å². The van der Waals surface area contributed by atoms with E-state index >= 15 is 0 Å². The number of rotatable bonds is 9. The van der Waals surface area contributed by atoms with Gasteiger partial charge in [0.2, 0.25) is 0 Å². The summed E-state index contributed by atoms with van der Waals surface area (Å²) >= 11 is 0. The minimum absolute atomic E-state index is 0.0757. The first-order valence-corrected chi connectivity index (χ1v) is 6.02. The fourth-order valence-electron chi connectivity index (χ4n) is 1.38. The summed E-state index contributed by atoms with van der Waals surface area (Å²) in [7, 11) is 0. The number of amides is 2. The van der Waals surface area contributed by atoms with Gasteiger partial charge in [0.1, 0.15) is 0 Å². The van der Waals surface area contributed by atoms with E-state index in [2.05, 4.69) is 10.6 Å². The smallest absolute Gasteiger partial charge is 0.314 e. The Labute approximate surface area is 102 Å². The SMILES string of the molecule is C[C@H](CCCCN)NC(=O)NCCCC(=O)O. The molecule has 0 unspecified atom stereocenters. The van der Waals surface area contributed by atoms with E-state index in [9.17, 15) is 9.59 Å². The van der Waals surface area contributed by atoms with Gasteiger partial charge in [-0.05, 0) is 32.7 Å². The fourth-order valence-corrected chi connectivity index (χ4v) is 1.38. The van der Waals surface area contributed by atoms with Gasteiger partial charge in [0.25, 0.3) is 0 Å². The van der Waals surface area contributed by atoms with Crippen LogP contribution in [0, 0.1) is 0 Å². The summed E-state index contributed by atoms with van der Waals surface area (Å²) in [5.74, 6) is -0.845. The van der Waals surface area contributed by atoms with Gasteiger partial charge in [0.05, 0.1) is 0 Å². The van der Waals surface area contributed by atoms with Gasteiger partial charge in [-0.2, -0.15) is 0 Å². The average molecular weight is 245 g/mol. The summed E-state index contributed by atoms with van der Waals surface area (Å²) in [6.45, 7) is 3.00. The van der Waals surface area contributed by atoms with E-state index in [-0.39, 0.29) is 18.5 Å². The minimum atomic E-state index is -0.845. The first-order valence-electron chi connectivity index (χ1n) is 6.02. The number of carboxylic acid groups (broad SMARTS) is 1. The molecule has 0 aromatic rings. The van der Waals surface area contributed by atoms with Crippen molar-refractivity contribution in [3.63, 3.8) is 0 Å². The van der Waals surface area contributed by atoms with Crippen molar-refractivity contribution >= 4 is 12.0 Å². The van der Waals surface area contributed by atoms with Crippen molar-refractivity contribution in [3.05, 3.63) is 0 Å². The van der Waals surface area contributed by atoms with Crippen LogP contribution in [-0.4, -0.2) is 36.2 Å². The van der Waals surface area contributed by atoms with Crippen molar-refractivity contribution in [2.45, 2.75) is 45.1 Å². The van der Waals surface area contributed by atoms with Gasteiger partial charge in [0.15, 0.2) is 0 Å². The van der Waals surface area contributed by atoms with E-state index in [1.165, 1.54) is 0 Å². The maximum atomic E-state index is 11.3. The number of hydrogen-bond acceptors (Lipinski definition) is 3. The molecule has 0 saturated heterocycles. The van der Waals surface area contributed by atoms with Crippen molar-refractivity contribution in [2.75, 3.05) is 13.1 Å². The van der Waals surface area contributed by atoms with Gasteiger partial charge in [-0.1, -0.05) is 6.42 Å². The average Bonchev–Trinajstić information content (AvgIpc) is 2.24. The molecule has 0 saturated carbocycles. The molecule has 6 heteroatoms. The lowest BCUT2D eigenvalue weighted by Gasteiger charge is -2.14. The third-order valence-corrected chi connectivity index (χ3v) is 2.32. The van der Waals surface area contributed by atoms with Crippen LogP contribution < -0.4 is 16.4 Å². The summed E-state index contributed by atoms with van der Waals surface area (Å²) in [4.78, 5) is 21.6. The zero-order valence-corrected chi connectivity index (χ0v) is 10.4. The standard InChI is InChI=1S/C11H23N3O3/c1-9(5-2-3-7-12)14-11(17)13-8-4-6-10(15)16/h9H,2-8,12H2,1H3,(H,15,16)(H2,13,14,17)/t9-/m1/s1. The molecular weight excluding hydrogens is 222 g/mol. The Bertz CT molecular complexity index is 234. The third kappa shape index (κ3) is 11.0. The number of aliphatic carboxylic acids is 1. The van der Waals surface area contributed by atoms with Crippen LogP contribution in [-0.2, 0) is 4.79 Å². The predicted octanol–water partition coefficient (Wildman–Crippen LogP) is 0.668. The van der Waals surface area contributed by atoms with Gasteiger partial charge in [-0.15, -0.1) is 0 Å². The largest absolute Gasteiger partial charge is 0.481 e. The number of carbonyl (C=O) groups is 2. The van der Waals surface area contributed by atoms with Crippen molar-refractivity contribution in [1.29, 1.82) is 0 Å². The highest BCUT2D eigenvalue weighted by Gasteiger charge is 2.06. The molecule has 0 spiro atoms. The van der Waals surface area contributed by atoms with Crippen molar-refractivity contribution in [1.82, 2.24) is 10.6 Å². The van der Waals surface area contributed by atoms with E-state index in [0.717, 1.165) is 19.3 Å². The maximum absolute atomic E-state index is 11.3. The number of carboxylic acids is 1. The molecule has 17 heavy (non-hydrogen) atoms. The van der Waals surface area contributed by atoms with E-state index in [4.69, 9.17) is 10.8 Å². The molecule has 0 aromatic carbocycles. The monoisotopic (exact) mass is 245 g/mol. The number of urea groups is 1. The summed E-state index contributed by atoms with van der Waals surface area (Å²) in [6.07, 6.45) is 3.39. The van der Waals surface area contributed by atoms with Crippen molar-refractivity contribution in [3.8, 4) is 0 Å². The highest BCUT2D eigenvalue weighted by molar-refractivity contribution is 5.74. The predicted molar refractivity (Wildman–Crippen MR) is 65.8 cm³/mol. The quantitative estimate of drug-likeness (QED) is 0.448. The van der Waals surface area contributed by atoms with Crippen LogP contribution in [0.1, 0.15) is 39.0 Å². The first kappa shape index (κ1) is 15.7. The lowest BCUT2D eigenvalue weighted by molar-refractivity contribution is -0.137.